The fourth-order valence-electron chi connectivity index (χ4n) is 1.38. The highest BCUT2D eigenvalue weighted by Gasteiger charge is 2.22. The van der Waals surface area contributed by atoms with Gasteiger partial charge in [0.05, 0.1) is 0 Å². The molecule has 2 N–H and O–H groups in total. The van der Waals surface area contributed by atoms with Gasteiger partial charge in [-0.15, -0.1) is 0 Å². The van der Waals surface area contributed by atoms with Crippen LogP contribution in [0.4, 0.5) is 4.79 Å². The zero-order valence-corrected chi connectivity index (χ0v) is 12.7. The first-order valence-electron chi connectivity index (χ1n) is 7.13. The molecule has 0 aromatic carbocycles. The Kier molecular flexibility index (Phi) is 9.00. The molecule has 0 atom stereocenters. The molecule has 19 heavy (non-hydrogen) atoms. The summed E-state index contributed by atoms with van der Waals surface area (Å²) in [6.07, 6.45) is 6.40. The van der Waals surface area contributed by atoms with Crippen LogP contribution in [0.15, 0.2) is 0 Å². The Morgan fingerprint density at radius 1 is 1.00 bits per heavy atom. The number of carbonyl (C=O) groups is 2. The van der Waals surface area contributed by atoms with Gasteiger partial charge in [-0.1, -0.05) is 59.8 Å². The van der Waals surface area contributed by atoms with E-state index < -0.39 is 11.5 Å². The Bertz CT molecular complexity index is 272. The standard InChI is InChI=1S/C14H28N2O3/c1-5-6-7-8-9-10-11-15-13(18)19-16-12(17)14(2,3)4/h5-11H2,1-4H3,(H,15,18)(H,16,17). The largest absolute Gasteiger partial charge is 0.431 e. The average Bonchev–Trinajstić information content (AvgIpc) is 2.33. The van der Waals surface area contributed by atoms with E-state index in [4.69, 9.17) is 0 Å². The minimum atomic E-state index is -0.605. The minimum Gasteiger partial charge on any atom is -0.322 e. The molecule has 0 aliphatic rings. The lowest BCUT2D eigenvalue weighted by molar-refractivity contribution is -0.137. The summed E-state index contributed by atoms with van der Waals surface area (Å²) in [5.41, 5.74) is 1.57. The second kappa shape index (κ2) is 9.64. The van der Waals surface area contributed by atoms with Crippen LogP contribution in [0.5, 0.6) is 0 Å². The molecular formula is C14H28N2O3. The Hall–Kier alpha value is -1.26. The van der Waals surface area contributed by atoms with Crippen molar-refractivity contribution < 1.29 is 14.4 Å². The molecule has 0 aliphatic heterocycles. The quantitative estimate of drug-likeness (QED) is 0.552. The van der Waals surface area contributed by atoms with Crippen molar-refractivity contribution >= 4 is 12.0 Å². The fourth-order valence-corrected chi connectivity index (χ4v) is 1.38. The van der Waals surface area contributed by atoms with Crippen LogP contribution in [0.1, 0.15) is 66.2 Å². The van der Waals surface area contributed by atoms with Crippen LogP contribution in [-0.2, 0) is 9.63 Å². The number of hydroxylamine groups is 1. The van der Waals surface area contributed by atoms with Crippen LogP contribution in [0.25, 0.3) is 0 Å². The first-order valence-corrected chi connectivity index (χ1v) is 7.13. The van der Waals surface area contributed by atoms with Crippen LogP contribution in [0.3, 0.4) is 0 Å². The van der Waals surface area contributed by atoms with Gasteiger partial charge in [0, 0.05) is 12.0 Å². The number of nitrogens with one attached hydrogen (secondary N) is 2. The number of hydrogen-bond acceptors (Lipinski definition) is 3. The Labute approximate surface area is 116 Å². The first-order chi connectivity index (χ1) is 8.88. The van der Waals surface area contributed by atoms with E-state index in [2.05, 4.69) is 22.6 Å². The van der Waals surface area contributed by atoms with Crippen LogP contribution in [-0.4, -0.2) is 18.5 Å². The average molecular weight is 272 g/mol. The molecule has 0 saturated carbocycles. The van der Waals surface area contributed by atoms with Gasteiger partial charge in [0.25, 0.3) is 5.91 Å². The van der Waals surface area contributed by atoms with Crippen molar-refractivity contribution in [3.63, 3.8) is 0 Å². The van der Waals surface area contributed by atoms with Gasteiger partial charge in [-0.25, -0.2) is 4.79 Å². The molecule has 0 aromatic heterocycles. The van der Waals surface area contributed by atoms with Gasteiger partial charge < -0.3 is 10.2 Å². The van der Waals surface area contributed by atoms with Crippen molar-refractivity contribution in [2.24, 2.45) is 5.41 Å². The van der Waals surface area contributed by atoms with E-state index >= 15 is 0 Å². The highest BCUT2D eigenvalue weighted by Crippen LogP contribution is 2.12. The van der Waals surface area contributed by atoms with E-state index in [-0.39, 0.29) is 5.91 Å². The Morgan fingerprint density at radius 2 is 1.58 bits per heavy atom. The maximum Gasteiger partial charge on any atom is 0.431 e. The van der Waals surface area contributed by atoms with E-state index in [1.807, 2.05) is 0 Å². The molecule has 112 valence electrons. The van der Waals surface area contributed by atoms with Crippen LogP contribution >= 0.6 is 0 Å². The van der Waals surface area contributed by atoms with Crippen molar-refractivity contribution in [1.82, 2.24) is 10.8 Å². The highest BCUT2D eigenvalue weighted by molar-refractivity contribution is 5.81. The molecule has 0 fully saturated rings. The number of hydrogen-bond donors (Lipinski definition) is 2. The maximum atomic E-state index is 11.4. The molecule has 5 nitrogen and oxygen atoms in total. The monoisotopic (exact) mass is 272 g/mol. The third-order valence-corrected chi connectivity index (χ3v) is 2.72. The van der Waals surface area contributed by atoms with Gasteiger partial charge in [-0.3, -0.25) is 4.79 Å². The minimum absolute atomic E-state index is 0.317. The summed E-state index contributed by atoms with van der Waals surface area (Å²) < 4.78 is 0. The van der Waals surface area contributed by atoms with E-state index in [0.717, 1.165) is 12.8 Å². The van der Waals surface area contributed by atoms with E-state index in [9.17, 15) is 9.59 Å². The summed E-state index contributed by atoms with van der Waals surface area (Å²) in [7, 11) is 0. The highest BCUT2D eigenvalue weighted by atomic mass is 16.7. The van der Waals surface area contributed by atoms with Crippen molar-refractivity contribution in [1.29, 1.82) is 0 Å². The van der Waals surface area contributed by atoms with Crippen LogP contribution in [0.2, 0.25) is 0 Å². The normalized spacial score (nSPS) is 10.9. The Balaban J connectivity index is 3.48. The topological polar surface area (TPSA) is 67.4 Å². The lowest BCUT2D eigenvalue weighted by atomic mass is 9.96. The van der Waals surface area contributed by atoms with Crippen LogP contribution in [0, 0.1) is 5.41 Å². The van der Waals surface area contributed by atoms with Crippen LogP contribution < -0.4 is 10.8 Å². The van der Waals surface area contributed by atoms with Crippen molar-refractivity contribution in [3.8, 4) is 0 Å². The first kappa shape index (κ1) is 17.7. The van der Waals surface area contributed by atoms with Gasteiger partial charge in [0.15, 0.2) is 0 Å². The lowest BCUT2D eigenvalue weighted by Gasteiger charge is -2.16. The molecule has 2 amide bonds. The zero-order chi connectivity index (χ0) is 14.7. The van der Waals surface area contributed by atoms with E-state index in [1.165, 1.54) is 25.7 Å². The summed E-state index contributed by atoms with van der Waals surface area (Å²) in [4.78, 5) is 27.3. The number of carbonyl (C=O) groups excluding carboxylic acids is 2. The molecule has 0 rings (SSSR count). The molecule has 0 heterocycles. The summed E-state index contributed by atoms with van der Waals surface area (Å²) in [6.45, 7) is 8.01. The molecule has 0 bridgehead atoms. The maximum absolute atomic E-state index is 11.4. The third-order valence-electron chi connectivity index (χ3n) is 2.72. The van der Waals surface area contributed by atoms with Crippen molar-refractivity contribution in [3.05, 3.63) is 0 Å². The van der Waals surface area contributed by atoms with Gasteiger partial charge in [0.2, 0.25) is 0 Å². The summed E-state index contributed by atoms with van der Waals surface area (Å²) in [5.74, 6) is -0.317. The molecule has 0 unspecified atom stereocenters. The number of unbranched alkanes of at least 4 members (excludes halogenated alkanes) is 5. The molecule has 0 aliphatic carbocycles. The van der Waals surface area contributed by atoms with Gasteiger partial charge in [-0.05, 0) is 6.42 Å². The molecule has 0 spiro atoms. The van der Waals surface area contributed by atoms with Gasteiger partial charge >= 0.3 is 6.09 Å². The second-order valence-corrected chi connectivity index (χ2v) is 5.77. The van der Waals surface area contributed by atoms with Gasteiger partial charge in [-0.2, -0.15) is 5.48 Å². The fraction of sp³-hybridized carbons (Fsp3) is 0.857. The summed E-state index contributed by atoms with van der Waals surface area (Å²) in [5, 5.41) is 2.60. The molecule has 0 saturated heterocycles. The van der Waals surface area contributed by atoms with Gasteiger partial charge in [0.1, 0.15) is 0 Å². The van der Waals surface area contributed by atoms with E-state index in [0.29, 0.717) is 6.54 Å². The van der Waals surface area contributed by atoms with Crippen molar-refractivity contribution in [2.75, 3.05) is 6.54 Å². The SMILES string of the molecule is CCCCCCCCNC(=O)ONC(=O)C(C)(C)C. The Morgan fingerprint density at radius 3 is 2.16 bits per heavy atom. The molecular weight excluding hydrogens is 244 g/mol. The number of amides is 2. The molecule has 5 heteroatoms. The number of rotatable bonds is 7. The lowest BCUT2D eigenvalue weighted by Crippen LogP contribution is -2.39. The summed E-state index contributed by atoms with van der Waals surface area (Å²) in [6, 6.07) is 0. The second-order valence-electron chi connectivity index (χ2n) is 5.77. The smallest absolute Gasteiger partial charge is 0.322 e. The predicted octanol–water partition coefficient (Wildman–Crippen LogP) is 3.15. The van der Waals surface area contributed by atoms with Crippen molar-refractivity contribution in [2.45, 2.75) is 66.2 Å². The van der Waals surface area contributed by atoms with E-state index in [1.54, 1.807) is 20.8 Å². The molecule has 0 aromatic rings. The zero-order valence-electron chi connectivity index (χ0n) is 12.7. The summed E-state index contributed by atoms with van der Waals surface area (Å²) >= 11 is 0. The third kappa shape index (κ3) is 10.4. The molecule has 0 radical (unpaired) electrons. The predicted molar refractivity (Wildman–Crippen MR) is 75.5 cm³/mol.